The van der Waals surface area contributed by atoms with Crippen molar-refractivity contribution in [3.63, 3.8) is 0 Å². The molecule has 0 aromatic carbocycles. The van der Waals surface area contributed by atoms with Gasteiger partial charge < -0.3 is 10.1 Å². The van der Waals surface area contributed by atoms with Gasteiger partial charge in [0.15, 0.2) is 0 Å². The minimum atomic E-state index is 0.547. The SMILES string of the molecule is COCC(CNC(C)C)N1CCC2(CCCC2)CC1. The molecule has 112 valence electrons. The van der Waals surface area contributed by atoms with Crippen molar-refractivity contribution < 1.29 is 4.74 Å². The maximum absolute atomic E-state index is 5.42. The fourth-order valence-corrected chi connectivity index (χ4v) is 3.85. The number of rotatable bonds is 6. The summed E-state index contributed by atoms with van der Waals surface area (Å²) in [6, 6.07) is 1.11. The van der Waals surface area contributed by atoms with E-state index < -0.39 is 0 Å². The Kier molecular flexibility index (Phi) is 5.67. The van der Waals surface area contributed by atoms with Gasteiger partial charge in [0.2, 0.25) is 0 Å². The molecule has 2 fully saturated rings. The van der Waals surface area contributed by atoms with Gasteiger partial charge in [0.25, 0.3) is 0 Å². The summed E-state index contributed by atoms with van der Waals surface area (Å²) in [5, 5.41) is 3.57. The minimum absolute atomic E-state index is 0.547. The predicted molar refractivity (Wildman–Crippen MR) is 80.5 cm³/mol. The van der Waals surface area contributed by atoms with Crippen molar-refractivity contribution in [1.29, 1.82) is 0 Å². The van der Waals surface area contributed by atoms with Crippen molar-refractivity contribution in [3.8, 4) is 0 Å². The van der Waals surface area contributed by atoms with Gasteiger partial charge >= 0.3 is 0 Å². The molecule has 3 nitrogen and oxygen atoms in total. The van der Waals surface area contributed by atoms with E-state index in [9.17, 15) is 0 Å². The summed E-state index contributed by atoms with van der Waals surface area (Å²) in [4.78, 5) is 2.66. The number of likely N-dealkylation sites (tertiary alicyclic amines) is 1. The first-order valence-electron chi connectivity index (χ1n) is 8.12. The van der Waals surface area contributed by atoms with E-state index in [2.05, 4.69) is 24.1 Å². The van der Waals surface area contributed by atoms with Gasteiger partial charge in [0.1, 0.15) is 0 Å². The molecule has 1 unspecified atom stereocenters. The molecule has 1 N–H and O–H groups in total. The van der Waals surface area contributed by atoms with Gasteiger partial charge in [-0.1, -0.05) is 26.7 Å². The Balaban J connectivity index is 1.82. The molecule has 3 heteroatoms. The van der Waals surface area contributed by atoms with Gasteiger partial charge in [-0.2, -0.15) is 0 Å². The first kappa shape index (κ1) is 15.3. The lowest BCUT2D eigenvalue weighted by Crippen LogP contribution is -2.51. The lowest BCUT2D eigenvalue weighted by molar-refractivity contribution is 0.0368. The van der Waals surface area contributed by atoms with Gasteiger partial charge in [-0.25, -0.2) is 0 Å². The average Bonchev–Trinajstić information content (AvgIpc) is 2.84. The molecule has 0 bridgehead atoms. The summed E-state index contributed by atoms with van der Waals surface area (Å²) in [5.41, 5.74) is 0.722. The fraction of sp³-hybridized carbons (Fsp3) is 1.00. The largest absolute Gasteiger partial charge is 0.383 e. The van der Waals surface area contributed by atoms with Crippen molar-refractivity contribution >= 4 is 0 Å². The van der Waals surface area contributed by atoms with Gasteiger partial charge in [-0.3, -0.25) is 4.90 Å². The quantitative estimate of drug-likeness (QED) is 0.801. The van der Waals surface area contributed by atoms with Gasteiger partial charge in [0, 0.05) is 25.7 Å². The molecule has 2 aliphatic rings. The Bertz CT molecular complexity index is 251. The predicted octanol–water partition coefficient (Wildman–Crippen LogP) is 2.66. The molecule has 0 aromatic rings. The zero-order valence-electron chi connectivity index (χ0n) is 13.1. The summed E-state index contributed by atoms with van der Waals surface area (Å²) in [7, 11) is 1.82. The molecule has 1 atom stereocenters. The monoisotopic (exact) mass is 268 g/mol. The second-order valence-electron chi connectivity index (χ2n) is 6.92. The molecule has 2 rings (SSSR count). The summed E-state index contributed by atoms with van der Waals surface area (Å²) in [6.07, 6.45) is 8.73. The van der Waals surface area contributed by atoms with Crippen LogP contribution in [0.15, 0.2) is 0 Å². The van der Waals surface area contributed by atoms with Crippen molar-refractivity contribution in [2.24, 2.45) is 5.41 Å². The van der Waals surface area contributed by atoms with E-state index in [4.69, 9.17) is 4.74 Å². The summed E-state index contributed by atoms with van der Waals surface area (Å²) in [6.45, 7) is 8.88. The second kappa shape index (κ2) is 7.05. The smallest absolute Gasteiger partial charge is 0.0630 e. The van der Waals surface area contributed by atoms with E-state index >= 15 is 0 Å². The van der Waals surface area contributed by atoms with Gasteiger partial charge in [-0.05, 0) is 44.2 Å². The summed E-state index contributed by atoms with van der Waals surface area (Å²) in [5.74, 6) is 0. The third-order valence-electron chi connectivity index (χ3n) is 5.16. The zero-order chi connectivity index (χ0) is 13.7. The lowest BCUT2D eigenvalue weighted by atomic mass is 9.77. The van der Waals surface area contributed by atoms with E-state index in [1.165, 1.54) is 51.6 Å². The molecule has 0 aromatic heterocycles. The van der Waals surface area contributed by atoms with E-state index in [1.807, 2.05) is 7.11 Å². The molecule has 1 saturated carbocycles. The number of methoxy groups -OCH3 is 1. The van der Waals surface area contributed by atoms with Crippen LogP contribution in [-0.4, -0.2) is 50.3 Å². The molecule has 0 amide bonds. The Morgan fingerprint density at radius 2 is 1.74 bits per heavy atom. The number of hydrogen-bond acceptors (Lipinski definition) is 3. The standard InChI is InChI=1S/C16H32N2O/c1-14(2)17-12-15(13-19-3)18-10-8-16(9-11-18)6-4-5-7-16/h14-15,17H,4-13H2,1-3H3. The van der Waals surface area contributed by atoms with Crippen LogP contribution in [0.1, 0.15) is 52.4 Å². The number of nitrogens with zero attached hydrogens (tertiary/aromatic N) is 1. The number of ether oxygens (including phenoxy) is 1. The van der Waals surface area contributed by atoms with Crippen molar-refractivity contribution in [2.45, 2.75) is 64.5 Å². The second-order valence-corrected chi connectivity index (χ2v) is 6.92. The van der Waals surface area contributed by atoms with Crippen LogP contribution in [-0.2, 0) is 4.74 Å². The average molecular weight is 268 g/mol. The third-order valence-corrected chi connectivity index (χ3v) is 5.16. The van der Waals surface area contributed by atoms with Crippen LogP contribution in [0, 0.1) is 5.41 Å². The highest BCUT2D eigenvalue weighted by molar-refractivity contribution is 4.91. The first-order valence-corrected chi connectivity index (χ1v) is 8.12. The first-order chi connectivity index (χ1) is 9.15. The van der Waals surface area contributed by atoms with E-state index in [1.54, 1.807) is 0 Å². The minimum Gasteiger partial charge on any atom is -0.383 e. The molecule has 1 aliphatic carbocycles. The molecular weight excluding hydrogens is 236 g/mol. The normalized spacial score (nSPS) is 25.3. The van der Waals surface area contributed by atoms with Gasteiger partial charge in [0.05, 0.1) is 6.61 Å². The Morgan fingerprint density at radius 3 is 2.26 bits per heavy atom. The maximum atomic E-state index is 5.42. The van der Waals surface area contributed by atoms with Crippen LogP contribution in [0.25, 0.3) is 0 Å². The zero-order valence-corrected chi connectivity index (χ0v) is 13.1. The topological polar surface area (TPSA) is 24.5 Å². The molecule has 1 heterocycles. The van der Waals surface area contributed by atoms with Crippen LogP contribution >= 0.6 is 0 Å². The molecule has 1 spiro atoms. The van der Waals surface area contributed by atoms with Crippen molar-refractivity contribution in [2.75, 3.05) is 33.4 Å². The highest BCUT2D eigenvalue weighted by atomic mass is 16.5. The molecule has 19 heavy (non-hydrogen) atoms. The van der Waals surface area contributed by atoms with E-state index in [0.717, 1.165) is 18.6 Å². The Hall–Kier alpha value is -0.120. The number of hydrogen-bond donors (Lipinski definition) is 1. The Morgan fingerprint density at radius 1 is 1.11 bits per heavy atom. The number of nitrogens with one attached hydrogen (secondary N) is 1. The highest BCUT2D eigenvalue weighted by Gasteiger charge is 2.38. The highest BCUT2D eigenvalue weighted by Crippen LogP contribution is 2.46. The van der Waals surface area contributed by atoms with Crippen LogP contribution in [0.3, 0.4) is 0 Å². The Labute approximate surface area is 119 Å². The molecule has 1 aliphatic heterocycles. The molecular formula is C16H32N2O. The van der Waals surface area contributed by atoms with Crippen LogP contribution < -0.4 is 5.32 Å². The third kappa shape index (κ3) is 4.17. The van der Waals surface area contributed by atoms with E-state index in [-0.39, 0.29) is 0 Å². The van der Waals surface area contributed by atoms with Crippen molar-refractivity contribution in [1.82, 2.24) is 10.2 Å². The van der Waals surface area contributed by atoms with Gasteiger partial charge in [-0.15, -0.1) is 0 Å². The number of piperidine rings is 1. The molecule has 1 saturated heterocycles. The van der Waals surface area contributed by atoms with E-state index in [0.29, 0.717) is 12.1 Å². The summed E-state index contributed by atoms with van der Waals surface area (Å²) < 4.78 is 5.42. The molecule has 0 radical (unpaired) electrons. The maximum Gasteiger partial charge on any atom is 0.0630 e. The van der Waals surface area contributed by atoms with Crippen LogP contribution in [0.4, 0.5) is 0 Å². The lowest BCUT2D eigenvalue weighted by Gasteiger charge is -2.43. The van der Waals surface area contributed by atoms with Crippen LogP contribution in [0.2, 0.25) is 0 Å². The van der Waals surface area contributed by atoms with Crippen LogP contribution in [0.5, 0.6) is 0 Å². The fourth-order valence-electron chi connectivity index (χ4n) is 3.85. The van der Waals surface area contributed by atoms with Crippen molar-refractivity contribution in [3.05, 3.63) is 0 Å². The summed E-state index contributed by atoms with van der Waals surface area (Å²) >= 11 is 0.